The fourth-order valence-electron chi connectivity index (χ4n) is 2.56. The number of rotatable bonds is 3. The molecule has 3 N–H and O–H groups in total. The molecular formula is C16H24ClN3O2. The lowest BCUT2D eigenvalue weighted by Gasteiger charge is -2.32. The summed E-state index contributed by atoms with van der Waals surface area (Å²) in [5.41, 5.74) is 2.03. The van der Waals surface area contributed by atoms with Crippen LogP contribution in [0.3, 0.4) is 0 Å². The number of nitrogens with one attached hydrogen (secondary N) is 3. The van der Waals surface area contributed by atoms with Crippen molar-refractivity contribution in [2.45, 2.75) is 33.6 Å². The molecule has 0 saturated carbocycles. The van der Waals surface area contributed by atoms with Gasteiger partial charge >= 0.3 is 0 Å². The number of anilines is 2. The number of amides is 2. The van der Waals surface area contributed by atoms with E-state index >= 15 is 0 Å². The predicted octanol–water partition coefficient (Wildman–Crippen LogP) is 2.70. The summed E-state index contributed by atoms with van der Waals surface area (Å²) in [5.74, 6) is -0.0997. The van der Waals surface area contributed by atoms with Crippen LogP contribution in [0.1, 0.15) is 32.3 Å². The molecule has 0 spiro atoms. The molecular weight excluding hydrogens is 302 g/mol. The topological polar surface area (TPSA) is 70.2 Å². The lowest BCUT2D eigenvalue weighted by Crippen LogP contribution is -2.46. The second-order valence-corrected chi connectivity index (χ2v) is 6.01. The van der Waals surface area contributed by atoms with Crippen molar-refractivity contribution >= 4 is 35.6 Å². The number of halogens is 1. The maximum Gasteiger partial charge on any atom is 0.231 e. The third-order valence-electron chi connectivity index (χ3n) is 3.95. The Morgan fingerprint density at radius 2 is 2.00 bits per heavy atom. The first-order valence-corrected chi connectivity index (χ1v) is 7.31. The standard InChI is InChI=1S/C16H23N3O2.ClH/c1-11-5-6-13(18-12(2)20)9-14(11)19-15(21)16(3)7-4-8-17-10-16;/h5-6,9,17H,4,7-8,10H2,1-3H3,(H,18,20)(H,19,21);1H. The Kier molecular flexibility index (Phi) is 6.38. The second kappa shape index (κ2) is 7.61. The Morgan fingerprint density at radius 3 is 2.59 bits per heavy atom. The largest absolute Gasteiger partial charge is 0.326 e. The van der Waals surface area contributed by atoms with Gasteiger partial charge in [0.15, 0.2) is 0 Å². The van der Waals surface area contributed by atoms with Crippen molar-refractivity contribution in [1.82, 2.24) is 5.32 Å². The van der Waals surface area contributed by atoms with E-state index < -0.39 is 0 Å². The minimum absolute atomic E-state index is 0. The number of aryl methyl sites for hydroxylation is 1. The highest BCUT2D eigenvalue weighted by Gasteiger charge is 2.34. The Labute approximate surface area is 137 Å². The molecule has 1 heterocycles. The van der Waals surface area contributed by atoms with Gasteiger partial charge in [-0.25, -0.2) is 0 Å². The van der Waals surface area contributed by atoms with Gasteiger partial charge in [-0.05, 0) is 50.9 Å². The SMILES string of the molecule is CC(=O)Nc1ccc(C)c(NC(=O)C2(C)CCCNC2)c1.Cl. The number of hydrogen-bond acceptors (Lipinski definition) is 3. The van der Waals surface area contributed by atoms with Crippen molar-refractivity contribution < 1.29 is 9.59 Å². The van der Waals surface area contributed by atoms with Crippen LogP contribution >= 0.6 is 12.4 Å². The van der Waals surface area contributed by atoms with Crippen LogP contribution in [-0.4, -0.2) is 24.9 Å². The van der Waals surface area contributed by atoms with Crippen LogP contribution in [0.4, 0.5) is 11.4 Å². The summed E-state index contributed by atoms with van der Waals surface area (Å²) >= 11 is 0. The first-order chi connectivity index (χ1) is 9.90. The zero-order valence-electron chi connectivity index (χ0n) is 13.3. The van der Waals surface area contributed by atoms with Gasteiger partial charge in [0.05, 0.1) is 5.41 Å². The molecule has 1 atom stereocenters. The van der Waals surface area contributed by atoms with Crippen LogP contribution in [0.2, 0.25) is 0 Å². The number of carbonyl (C=O) groups is 2. The molecule has 1 unspecified atom stereocenters. The summed E-state index contributed by atoms with van der Waals surface area (Å²) in [7, 11) is 0. The Morgan fingerprint density at radius 1 is 1.27 bits per heavy atom. The van der Waals surface area contributed by atoms with Crippen molar-refractivity contribution in [1.29, 1.82) is 0 Å². The van der Waals surface area contributed by atoms with Gasteiger partial charge < -0.3 is 16.0 Å². The molecule has 1 aromatic rings. The van der Waals surface area contributed by atoms with Crippen molar-refractivity contribution in [2.75, 3.05) is 23.7 Å². The van der Waals surface area contributed by atoms with Crippen LogP contribution in [0, 0.1) is 12.3 Å². The third kappa shape index (κ3) is 4.45. The third-order valence-corrected chi connectivity index (χ3v) is 3.95. The molecule has 2 amide bonds. The zero-order chi connectivity index (χ0) is 15.5. The molecule has 1 aromatic carbocycles. The normalized spacial score (nSPS) is 20.7. The molecule has 5 nitrogen and oxygen atoms in total. The summed E-state index contributed by atoms with van der Waals surface area (Å²) in [6, 6.07) is 5.52. The Hall–Kier alpha value is -1.59. The maximum atomic E-state index is 12.5. The van der Waals surface area contributed by atoms with E-state index in [1.54, 1.807) is 6.07 Å². The van der Waals surface area contributed by atoms with E-state index in [-0.39, 0.29) is 29.6 Å². The van der Waals surface area contributed by atoms with Gasteiger partial charge in [0, 0.05) is 24.8 Å². The summed E-state index contributed by atoms with van der Waals surface area (Å²) in [5, 5.41) is 9.01. The highest BCUT2D eigenvalue weighted by Crippen LogP contribution is 2.29. The highest BCUT2D eigenvalue weighted by atomic mass is 35.5. The fraction of sp³-hybridized carbons (Fsp3) is 0.500. The summed E-state index contributed by atoms with van der Waals surface area (Å²) < 4.78 is 0. The minimum Gasteiger partial charge on any atom is -0.326 e. The van der Waals surface area contributed by atoms with Gasteiger partial charge in [0.2, 0.25) is 11.8 Å². The molecule has 22 heavy (non-hydrogen) atoms. The first kappa shape index (κ1) is 18.5. The van der Waals surface area contributed by atoms with E-state index in [4.69, 9.17) is 0 Å². The van der Waals surface area contributed by atoms with Gasteiger partial charge in [-0.2, -0.15) is 0 Å². The molecule has 1 saturated heterocycles. The van der Waals surface area contributed by atoms with Gasteiger partial charge in [-0.15, -0.1) is 12.4 Å². The molecule has 1 fully saturated rings. The quantitative estimate of drug-likeness (QED) is 0.800. The lowest BCUT2D eigenvalue weighted by molar-refractivity contribution is -0.125. The van der Waals surface area contributed by atoms with E-state index in [0.29, 0.717) is 12.2 Å². The Balaban J connectivity index is 0.00000242. The predicted molar refractivity (Wildman–Crippen MR) is 91.6 cm³/mol. The van der Waals surface area contributed by atoms with E-state index in [0.717, 1.165) is 30.6 Å². The zero-order valence-corrected chi connectivity index (χ0v) is 14.1. The van der Waals surface area contributed by atoms with Crippen LogP contribution in [-0.2, 0) is 9.59 Å². The van der Waals surface area contributed by atoms with Crippen LogP contribution in [0.25, 0.3) is 0 Å². The smallest absolute Gasteiger partial charge is 0.231 e. The Bertz CT molecular complexity index is 554. The monoisotopic (exact) mass is 325 g/mol. The minimum atomic E-state index is -0.380. The van der Waals surface area contributed by atoms with Gasteiger partial charge in [-0.3, -0.25) is 9.59 Å². The molecule has 2 rings (SSSR count). The van der Waals surface area contributed by atoms with Crippen molar-refractivity contribution in [2.24, 2.45) is 5.41 Å². The molecule has 0 radical (unpaired) electrons. The fourth-order valence-corrected chi connectivity index (χ4v) is 2.56. The summed E-state index contributed by atoms with van der Waals surface area (Å²) in [6.45, 7) is 7.06. The molecule has 0 aliphatic carbocycles. The summed E-state index contributed by atoms with van der Waals surface area (Å²) in [6.07, 6.45) is 1.89. The van der Waals surface area contributed by atoms with Gasteiger partial charge in [0.25, 0.3) is 0 Å². The van der Waals surface area contributed by atoms with Crippen molar-refractivity contribution in [3.05, 3.63) is 23.8 Å². The van der Waals surface area contributed by atoms with E-state index in [2.05, 4.69) is 16.0 Å². The van der Waals surface area contributed by atoms with Crippen molar-refractivity contribution in [3.63, 3.8) is 0 Å². The van der Waals surface area contributed by atoms with Gasteiger partial charge in [0.1, 0.15) is 0 Å². The average Bonchev–Trinajstić information content (AvgIpc) is 2.42. The molecule has 1 aliphatic heterocycles. The van der Waals surface area contributed by atoms with Crippen molar-refractivity contribution in [3.8, 4) is 0 Å². The van der Waals surface area contributed by atoms with E-state index in [9.17, 15) is 9.59 Å². The number of piperidine rings is 1. The number of hydrogen-bond donors (Lipinski definition) is 3. The highest BCUT2D eigenvalue weighted by molar-refractivity contribution is 5.97. The first-order valence-electron chi connectivity index (χ1n) is 7.31. The molecule has 0 aromatic heterocycles. The molecule has 122 valence electrons. The average molecular weight is 326 g/mol. The van der Waals surface area contributed by atoms with Crippen LogP contribution in [0.5, 0.6) is 0 Å². The molecule has 1 aliphatic rings. The van der Waals surface area contributed by atoms with Gasteiger partial charge in [-0.1, -0.05) is 6.07 Å². The number of carbonyl (C=O) groups excluding carboxylic acids is 2. The molecule has 0 bridgehead atoms. The van der Waals surface area contributed by atoms with E-state index in [1.165, 1.54) is 6.92 Å². The lowest BCUT2D eigenvalue weighted by atomic mass is 9.82. The van der Waals surface area contributed by atoms with E-state index in [1.807, 2.05) is 26.0 Å². The van der Waals surface area contributed by atoms with Crippen LogP contribution < -0.4 is 16.0 Å². The molecule has 6 heteroatoms. The maximum absolute atomic E-state index is 12.5. The second-order valence-electron chi connectivity index (χ2n) is 6.01. The number of benzene rings is 1. The van der Waals surface area contributed by atoms with Crippen LogP contribution in [0.15, 0.2) is 18.2 Å². The summed E-state index contributed by atoms with van der Waals surface area (Å²) in [4.78, 5) is 23.7.